The second kappa shape index (κ2) is 4.46. The number of rotatable bonds is 2. The van der Waals surface area contributed by atoms with Crippen LogP contribution < -0.4 is 5.73 Å². The second-order valence-electron chi connectivity index (χ2n) is 3.45. The summed E-state index contributed by atoms with van der Waals surface area (Å²) < 4.78 is 39.4. The molecule has 1 aromatic heterocycles. The minimum absolute atomic E-state index is 0.0447. The number of benzene rings is 1. The van der Waals surface area contributed by atoms with Gasteiger partial charge in [-0.05, 0) is 19.1 Å². The van der Waals surface area contributed by atoms with Gasteiger partial charge in [0.2, 0.25) is 0 Å². The van der Waals surface area contributed by atoms with Gasteiger partial charge >= 0.3 is 0 Å². The quantitative estimate of drug-likeness (QED) is 0.841. The molecule has 0 amide bonds. The van der Waals surface area contributed by atoms with Gasteiger partial charge in [0.25, 0.3) is 0 Å². The fraction of sp³-hybridized carbons (Fsp3) is 0.182. The van der Waals surface area contributed by atoms with Crippen molar-refractivity contribution < 1.29 is 13.2 Å². The van der Waals surface area contributed by atoms with Crippen molar-refractivity contribution in [2.24, 2.45) is 5.73 Å². The highest BCUT2D eigenvalue weighted by atomic mass is 32.1. The molecular formula is C11H9F3N2S. The van der Waals surface area contributed by atoms with Crippen molar-refractivity contribution in [2.45, 2.75) is 13.5 Å². The van der Waals surface area contributed by atoms with E-state index in [0.29, 0.717) is 10.7 Å². The van der Waals surface area contributed by atoms with Crippen molar-refractivity contribution in [3.8, 4) is 10.6 Å². The highest BCUT2D eigenvalue weighted by Crippen LogP contribution is 2.31. The lowest BCUT2D eigenvalue weighted by Crippen LogP contribution is -1.94. The van der Waals surface area contributed by atoms with Crippen LogP contribution in [0.2, 0.25) is 0 Å². The molecule has 90 valence electrons. The third-order valence-corrected chi connectivity index (χ3v) is 3.56. The Bertz CT molecular complexity index is 566. The Hall–Kier alpha value is -1.40. The molecule has 0 fully saturated rings. The molecule has 0 aliphatic heterocycles. The Morgan fingerprint density at radius 2 is 1.94 bits per heavy atom. The highest BCUT2D eigenvalue weighted by Gasteiger charge is 2.18. The number of nitrogens with two attached hydrogens (primary N) is 1. The van der Waals surface area contributed by atoms with E-state index in [1.807, 2.05) is 0 Å². The van der Waals surface area contributed by atoms with E-state index in [0.717, 1.165) is 10.9 Å². The lowest BCUT2D eigenvalue weighted by molar-refractivity contribution is 0.449. The van der Waals surface area contributed by atoms with Crippen molar-refractivity contribution in [3.05, 3.63) is 40.2 Å². The molecule has 17 heavy (non-hydrogen) atoms. The zero-order valence-electron chi connectivity index (χ0n) is 8.93. The van der Waals surface area contributed by atoms with Gasteiger partial charge in [0.05, 0.1) is 5.69 Å². The molecule has 2 N–H and O–H groups in total. The summed E-state index contributed by atoms with van der Waals surface area (Å²) in [6.45, 7) is 2.02. The van der Waals surface area contributed by atoms with Crippen LogP contribution >= 0.6 is 11.3 Å². The average molecular weight is 258 g/mol. The van der Waals surface area contributed by atoms with E-state index >= 15 is 0 Å². The van der Waals surface area contributed by atoms with Crippen LogP contribution in [-0.2, 0) is 6.54 Å². The van der Waals surface area contributed by atoms with E-state index in [1.54, 1.807) is 6.92 Å². The minimum atomic E-state index is -1.48. The normalized spacial score (nSPS) is 10.9. The Kier molecular flexibility index (Phi) is 3.17. The van der Waals surface area contributed by atoms with Crippen LogP contribution in [0, 0.1) is 24.4 Å². The summed E-state index contributed by atoms with van der Waals surface area (Å²) >= 11 is 1.18. The van der Waals surface area contributed by atoms with E-state index in [2.05, 4.69) is 4.98 Å². The Morgan fingerprint density at radius 3 is 2.53 bits per heavy atom. The summed E-state index contributed by atoms with van der Waals surface area (Å²) in [7, 11) is 0. The van der Waals surface area contributed by atoms with Crippen LogP contribution in [0.4, 0.5) is 13.2 Å². The Balaban J connectivity index is 2.57. The fourth-order valence-electron chi connectivity index (χ4n) is 1.42. The third-order valence-electron chi connectivity index (χ3n) is 2.34. The number of halogens is 3. The molecule has 2 aromatic rings. The molecule has 2 nitrogen and oxygen atoms in total. The van der Waals surface area contributed by atoms with Gasteiger partial charge in [-0.25, -0.2) is 18.2 Å². The van der Waals surface area contributed by atoms with Crippen LogP contribution in [0.3, 0.4) is 0 Å². The maximum atomic E-state index is 13.5. The first kappa shape index (κ1) is 12.1. The molecule has 0 bridgehead atoms. The molecule has 0 unspecified atom stereocenters. The maximum absolute atomic E-state index is 13.5. The maximum Gasteiger partial charge on any atom is 0.195 e. The van der Waals surface area contributed by atoms with Crippen LogP contribution in [0.15, 0.2) is 12.1 Å². The lowest BCUT2D eigenvalue weighted by atomic mass is 10.2. The zero-order valence-corrected chi connectivity index (χ0v) is 9.75. The number of hydrogen-bond donors (Lipinski definition) is 1. The molecule has 6 heteroatoms. The number of aromatic nitrogens is 1. The van der Waals surface area contributed by atoms with E-state index < -0.39 is 17.5 Å². The fourth-order valence-corrected chi connectivity index (χ4v) is 2.38. The summed E-state index contributed by atoms with van der Waals surface area (Å²) in [6, 6.07) is 2.05. The number of hydrogen-bond acceptors (Lipinski definition) is 3. The number of nitrogens with zero attached hydrogens (tertiary/aromatic N) is 1. The molecule has 1 aromatic carbocycles. The molecule has 0 radical (unpaired) electrons. The first-order valence-electron chi connectivity index (χ1n) is 4.84. The van der Waals surface area contributed by atoms with E-state index in [9.17, 15) is 13.2 Å². The smallest absolute Gasteiger partial charge is 0.195 e. The zero-order chi connectivity index (χ0) is 12.6. The molecule has 2 rings (SSSR count). The topological polar surface area (TPSA) is 38.9 Å². The first-order chi connectivity index (χ1) is 8.04. The molecular weight excluding hydrogens is 249 g/mol. The van der Waals surface area contributed by atoms with Gasteiger partial charge in [-0.3, -0.25) is 0 Å². The van der Waals surface area contributed by atoms with Crippen molar-refractivity contribution in [2.75, 3.05) is 0 Å². The van der Waals surface area contributed by atoms with Crippen molar-refractivity contribution in [1.29, 1.82) is 0 Å². The van der Waals surface area contributed by atoms with Gasteiger partial charge < -0.3 is 5.73 Å². The van der Waals surface area contributed by atoms with Gasteiger partial charge in [0, 0.05) is 17.0 Å². The first-order valence-corrected chi connectivity index (χ1v) is 5.66. The van der Waals surface area contributed by atoms with Gasteiger partial charge in [0.1, 0.15) is 5.01 Å². The molecule has 1 heterocycles. The van der Waals surface area contributed by atoms with E-state index in [1.165, 1.54) is 17.4 Å². The lowest BCUT2D eigenvalue weighted by Gasteiger charge is -2.00. The number of aryl methyl sites for hydroxylation is 1. The van der Waals surface area contributed by atoms with Gasteiger partial charge in [-0.1, -0.05) is 0 Å². The summed E-state index contributed by atoms with van der Waals surface area (Å²) in [6.07, 6.45) is 0. The predicted octanol–water partition coefficient (Wildman–Crippen LogP) is 2.99. The molecule has 0 aliphatic carbocycles. The molecule has 0 spiro atoms. The average Bonchev–Trinajstić information content (AvgIpc) is 2.67. The molecule has 0 saturated carbocycles. The van der Waals surface area contributed by atoms with Gasteiger partial charge in [-0.15, -0.1) is 11.3 Å². The van der Waals surface area contributed by atoms with Gasteiger partial charge in [0.15, 0.2) is 17.5 Å². The summed E-state index contributed by atoms with van der Waals surface area (Å²) in [5, 5.41) is 0.305. The summed E-state index contributed by atoms with van der Waals surface area (Å²) in [4.78, 5) is 4.89. The minimum Gasteiger partial charge on any atom is -0.326 e. The van der Waals surface area contributed by atoms with Crippen molar-refractivity contribution in [3.63, 3.8) is 0 Å². The number of thiazole rings is 1. The van der Waals surface area contributed by atoms with E-state index in [4.69, 9.17) is 5.73 Å². The van der Waals surface area contributed by atoms with Crippen molar-refractivity contribution >= 4 is 11.3 Å². The van der Waals surface area contributed by atoms with Gasteiger partial charge in [-0.2, -0.15) is 0 Å². The van der Waals surface area contributed by atoms with Crippen molar-refractivity contribution in [1.82, 2.24) is 4.98 Å². The summed E-state index contributed by atoms with van der Waals surface area (Å²) in [5.74, 6) is -3.91. The van der Waals surface area contributed by atoms with Crippen LogP contribution in [0.25, 0.3) is 10.6 Å². The Labute approximate surface area is 99.9 Å². The predicted molar refractivity (Wildman–Crippen MR) is 60.1 cm³/mol. The third kappa shape index (κ3) is 2.05. The largest absolute Gasteiger partial charge is 0.326 e. The monoisotopic (exact) mass is 258 g/mol. The van der Waals surface area contributed by atoms with Crippen LogP contribution in [-0.4, -0.2) is 4.98 Å². The summed E-state index contributed by atoms with van der Waals surface area (Å²) in [5.41, 5.74) is 6.11. The second-order valence-corrected chi connectivity index (χ2v) is 4.54. The SMILES string of the molecule is Cc1nc(-c2ccc(F)c(F)c2F)sc1CN. The van der Waals surface area contributed by atoms with E-state index in [-0.39, 0.29) is 12.1 Å². The molecule has 0 saturated heterocycles. The van der Waals surface area contributed by atoms with Crippen LogP contribution in [0.1, 0.15) is 10.6 Å². The standard InChI is InChI=1S/C11H9F3N2S/c1-5-8(4-15)17-11(16-5)6-2-3-7(12)10(14)9(6)13/h2-3H,4,15H2,1H3. The molecule has 0 atom stereocenters. The molecule has 0 aliphatic rings. The highest BCUT2D eigenvalue weighted by molar-refractivity contribution is 7.15. The Morgan fingerprint density at radius 1 is 1.24 bits per heavy atom. The van der Waals surface area contributed by atoms with Crippen LogP contribution in [0.5, 0.6) is 0 Å².